The summed E-state index contributed by atoms with van der Waals surface area (Å²) in [6.07, 6.45) is 1.20. The predicted octanol–water partition coefficient (Wildman–Crippen LogP) is 1.60. The first kappa shape index (κ1) is 11.4. The van der Waals surface area contributed by atoms with Crippen molar-refractivity contribution < 1.29 is 0 Å². The molecule has 1 atom stereocenters. The lowest BCUT2D eigenvalue weighted by atomic mass is 10.1. The van der Waals surface area contributed by atoms with Crippen LogP contribution in [0.3, 0.4) is 0 Å². The van der Waals surface area contributed by atoms with Crippen molar-refractivity contribution >= 4 is 16.5 Å². The number of rotatable bonds is 5. The summed E-state index contributed by atoms with van der Waals surface area (Å²) in [7, 11) is 2.09. The second kappa shape index (κ2) is 5.26. The normalized spacial score (nSPS) is 13.4. The van der Waals surface area contributed by atoms with Crippen molar-refractivity contribution in [1.82, 2.24) is 14.5 Å². The highest BCUT2D eigenvalue weighted by molar-refractivity contribution is 7.09. The van der Waals surface area contributed by atoms with Crippen LogP contribution in [0.1, 0.15) is 26.0 Å². The Hall–Kier alpha value is -0.680. The summed E-state index contributed by atoms with van der Waals surface area (Å²) in [6.45, 7) is 6.33. The van der Waals surface area contributed by atoms with Gasteiger partial charge in [0.25, 0.3) is 0 Å². The van der Waals surface area contributed by atoms with Gasteiger partial charge in [0.1, 0.15) is 10.7 Å². The number of hydrogen-bond donors (Lipinski definition) is 1. The van der Waals surface area contributed by atoms with E-state index in [1.165, 1.54) is 18.0 Å². The van der Waals surface area contributed by atoms with E-state index in [1.54, 1.807) is 0 Å². The van der Waals surface area contributed by atoms with E-state index in [-0.39, 0.29) is 0 Å². The van der Waals surface area contributed by atoms with Gasteiger partial charge >= 0.3 is 0 Å². The molecule has 0 aromatic carbocycles. The van der Waals surface area contributed by atoms with E-state index in [1.807, 2.05) is 0 Å². The van der Waals surface area contributed by atoms with Gasteiger partial charge in [-0.05, 0) is 13.0 Å². The van der Waals surface area contributed by atoms with Crippen molar-refractivity contribution in [3.8, 4) is 0 Å². The van der Waals surface area contributed by atoms with Crippen molar-refractivity contribution in [2.75, 3.05) is 19.3 Å². The van der Waals surface area contributed by atoms with E-state index in [2.05, 4.69) is 35.4 Å². The van der Waals surface area contributed by atoms with Crippen LogP contribution in [0.2, 0.25) is 0 Å². The topological polar surface area (TPSA) is 55.0 Å². The Labute approximate surface area is 89.3 Å². The monoisotopic (exact) mass is 214 g/mol. The quantitative estimate of drug-likeness (QED) is 0.809. The van der Waals surface area contributed by atoms with Gasteiger partial charge in [0.05, 0.1) is 0 Å². The Morgan fingerprint density at radius 1 is 1.57 bits per heavy atom. The Bertz CT molecular complexity index is 274. The highest BCUT2D eigenvalue weighted by atomic mass is 32.1. The summed E-state index contributed by atoms with van der Waals surface area (Å²) in [5, 5.41) is 4.73. The molecule has 1 unspecified atom stereocenters. The van der Waals surface area contributed by atoms with Crippen LogP contribution in [0.25, 0.3) is 0 Å². The van der Waals surface area contributed by atoms with Crippen LogP contribution in [0, 0.1) is 5.92 Å². The molecule has 1 aromatic heterocycles. The molecule has 4 nitrogen and oxygen atoms in total. The van der Waals surface area contributed by atoms with E-state index in [4.69, 9.17) is 5.73 Å². The number of nitrogens with two attached hydrogens (primary N) is 1. The third-order valence-electron chi connectivity index (χ3n) is 2.33. The van der Waals surface area contributed by atoms with Crippen LogP contribution >= 0.6 is 11.5 Å². The van der Waals surface area contributed by atoms with Crippen molar-refractivity contribution in [2.24, 2.45) is 5.92 Å². The van der Waals surface area contributed by atoms with Gasteiger partial charge in [-0.25, -0.2) is 0 Å². The lowest BCUT2D eigenvalue weighted by molar-refractivity contribution is 0.273. The third-order valence-corrected chi connectivity index (χ3v) is 2.92. The first-order valence-electron chi connectivity index (χ1n) is 4.88. The fourth-order valence-electron chi connectivity index (χ4n) is 1.31. The minimum absolute atomic E-state index is 0.716. The summed E-state index contributed by atoms with van der Waals surface area (Å²) < 4.78 is 3.81. The molecule has 80 valence electrons. The highest BCUT2D eigenvalue weighted by Crippen LogP contribution is 2.14. The third kappa shape index (κ3) is 3.23. The maximum atomic E-state index is 5.72. The number of anilines is 1. The van der Waals surface area contributed by atoms with Crippen molar-refractivity contribution in [3.05, 3.63) is 5.69 Å². The van der Waals surface area contributed by atoms with Crippen molar-refractivity contribution in [2.45, 2.75) is 26.8 Å². The number of nitrogens with zero attached hydrogens (tertiary/aromatic N) is 3. The minimum atomic E-state index is 0.716. The standard InChI is InChI=1S/C9H18N4S/c1-4-7(2)5-13(3)6-8-9(10)14-12-11-8/h7H,4-6,10H2,1-3H3. The van der Waals surface area contributed by atoms with Crippen LogP contribution in [-0.4, -0.2) is 28.1 Å². The molecule has 0 radical (unpaired) electrons. The molecule has 0 aliphatic rings. The van der Waals surface area contributed by atoms with Crippen LogP contribution in [-0.2, 0) is 6.54 Å². The fourth-order valence-corrected chi connectivity index (χ4v) is 1.74. The SMILES string of the molecule is CCC(C)CN(C)Cc1nnsc1N. The predicted molar refractivity (Wildman–Crippen MR) is 60.1 cm³/mol. The smallest absolute Gasteiger partial charge is 0.132 e. The Morgan fingerprint density at radius 3 is 2.79 bits per heavy atom. The summed E-state index contributed by atoms with van der Waals surface area (Å²) in [5.74, 6) is 0.716. The molecule has 0 aliphatic carbocycles. The maximum Gasteiger partial charge on any atom is 0.132 e. The lowest BCUT2D eigenvalue weighted by Crippen LogP contribution is -2.24. The molecule has 0 fully saturated rings. The van der Waals surface area contributed by atoms with Gasteiger partial charge in [0.15, 0.2) is 0 Å². The Morgan fingerprint density at radius 2 is 2.29 bits per heavy atom. The molecule has 5 heteroatoms. The molecular formula is C9H18N4S. The molecule has 0 saturated heterocycles. The van der Waals surface area contributed by atoms with Crippen LogP contribution < -0.4 is 5.73 Å². The molecule has 2 N–H and O–H groups in total. The molecule has 0 bridgehead atoms. The summed E-state index contributed by atoms with van der Waals surface area (Å²) in [4.78, 5) is 2.24. The molecule has 1 rings (SSSR count). The first-order chi connectivity index (χ1) is 6.63. The molecule has 0 saturated carbocycles. The second-order valence-electron chi connectivity index (χ2n) is 3.79. The Balaban J connectivity index is 2.41. The van der Waals surface area contributed by atoms with Gasteiger partial charge in [0.2, 0.25) is 0 Å². The largest absolute Gasteiger partial charge is 0.388 e. The van der Waals surface area contributed by atoms with Gasteiger partial charge in [0, 0.05) is 24.6 Å². The molecule has 14 heavy (non-hydrogen) atoms. The molecular weight excluding hydrogens is 196 g/mol. The molecule has 0 amide bonds. The molecule has 1 aromatic rings. The second-order valence-corrected chi connectivity index (χ2v) is 4.58. The van der Waals surface area contributed by atoms with Gasteiger partial charge in [-0.3, -0.25) is 0 Å². The van der Waals surface area contributed by atoms with Gasteiger partial charge in [-0.1, -0.05) is 24.8 Å². The molecule has 1 heterocycles. The number of nitrogen functional groups attached to an aromatic ring is 1. The number of aromatic nitrogens is 2. The van der Waals surface area contributed by atoms with E-state index in [0.29, 0.717) is 5.92 Å². The van der Waals surface area contributed by atoms with Crippen molar-refractivity contribution in [1.29, 1.82) is 0 Å². The van der Waals surface area contributed by atoms with E-state index in [9.17, 15) is 0 Å². The van der Waals surface area contributed by atoms with Gasteiger partial charge in [-0.2, -0.15) is 0 Å². The van der Waals surface area contributed by atoms with Crippen LogP contribution in [0.5, 0.6) is 0 Å². The zero-order valence-electron chi connectivity index (χ0n) is 9.03. The number of hydrogen-bond acceptors (Lipinski definition) is 5. The highest BCUT2D eigenvalue weighted by Gasteiger charge is 2.09. The van der Waals surface area contributed by atoms with E-state index in [0.717, 1.165) is 23.8 Å². The van der Waals surface area contributed by atoms with Crippen LogP contribution in [0.15, 0.2) is 0 Å². The van der Waals surface area contributed by atoms with Crippen LogP contribution in [0.4, 0.5) is 5.00 Å². The molecule has 0 aliphatic heterocycles. The average molecular weight is 214 g/mol. The summed E-state index contributed by atoms with van der Waals surface area (Å²) in [5.41, 5.74) is 6.62. The lowest BCUT2D eigenvalue weighted by Gasteiger charge is -2.19. The van der Waals surface area contributed by atoms with Crippen molar-refractivity contribution in [3.63, 3.8) is 0 Å². The van der Waals surface area contributed by atoms with Gasteiger partial charge < -0.3 is 10.6 Å². The zero-order valence-corrected chi connectivity index (χ0v) is 9.84. The molecule has 0 spiro atoms. The van der Waals surface area contributed by atoms with E-state index >= 15 is 0 Å². The first-order valence-corrected chi connectivity index (χ1v) is 5.66. The Kier molecular flexibility index (Phi) is 4.28. The minimum Gasteiger partial charge on any atom is -0.388 e. The summed E-state index contributed by atoms with van der Waals surface area (Å²) >= 11 is 1.26. The maximum absolute atomic E-state index is 5.72. The zero-order chi connectivity index (χ0) is 10.6. The average Bonchev–Trinajstić information content (AvgIpc) is 2.51. The summed E-state index contributed by atoms with van der Waals surface area (Å²) in [6, 6.07) is 0. The fraction of sp³-hybridized carbons (Fsp3) is 0.778. The van der Waals surface area contributed by atoms with E-state index < -0.39 is 0 Å². The van der Waals surface area contributed by atoms with Gasteiger partial charge in [-0.15, -0.1) is 5.10 Å².